The van der Waals surface area contributed by atoms with Crippen LogP contribution in [0.2, 0.25) is 5.02 Å². The minimum atomic E-state index is -0.0248. The van der Waals surface area contributed by atoms with Crippen LogP contribution in [0.25, 0.3) is 0 Å². The standard InChI is InChI=1S/C16H16ClNOS/c1-2-12-6-5-7-13(10-12)18-16(19)11-20-15-9-4-3-8-14(15)17/h3-10H,2,11H2,1H3,(H,18,19). The van der Waals surface area contributed by atoms with E-state index < -0.39 is 0 Å². The molecule has 0 saturated heterocycles. The number of thioether (sulfide) groups is 1. The minimum absolute atomic E-state index is 0.0248. The second-order valence-corrected chi connectivity index (χ2v) is 5.75. The van der Waals surface area contributed by atoms with Crippen LogP contribution >= 0.6 is 23.4 Å². The van der Waals surface area contributed by atoms with Gasteiger partial charge in [0.1, 0.15) is 0 Å². The molecule has 2 rings (SSSR count). The van der Waals surface area contributed by atoms with E-state index in [2.05, 4.69) is 12.2 Å². The van der Waals surface area contributed by atoms with E-state index in [1.165, 1.54) is 17.3 Å². The Bertz CT molecular complexity index is 601. The molecule has 0 radical (unpaired) electrons. The van der Waals surface area contributed by atoms with Crippen molar-refractivity contribution in [1.29, 1.82) is 0 Å². The van der Waals surface area contributed by atoms with Crippen molar-refractivity contribution in [2.75, 3.05) is 11.1 Å². The van der Waals surface area contributed by atoms with Crippen molar-refractivity contribution in [2.45, 2.75) is 18.2 Å². The van der Waals surface area contributed by atoms with Crippen LogP contribution in [0.3, 0.4) is 0 Å². The van der Waals surface area contributed by atoms with Crippen molar-refractivity contribution in [2.24, 2.45) is 0 Å². The number of carbonyl (C=O) groups is 1. The van der Waals surface area contributed by atoms with Crippen LogP contribution in [-0.2, 0) is 11.2 Å². The number of benzene rings is 2. The topological polar surface area (TPSA) is 29.1 Å². The molecular weight excluding hydrogens is 290 g/mol. The van der Waals surface area contributed by atoms with Crippen LogP contribution in [0, 0.1) is 0 Å². The highest BCUT2D eigenvalue weighted by Gasteiger charge is 2.06. The average Bonchev–Trinajstić information content (AvgIpc) is 2.46. The van der Waals surface area contributed by atoms with E-state index in [0.29, 0.717) is 10.8 Å². The maximum Gasteiger partial charge on any atom is 0.234 e. The Balaban J connectivity index is 1.91. The van der Waals surface area contributed by atoms with Crippen LogP contribution in [0.1, 0.15) is 12.5 Å². The molecule has 1 amide bonds. The molecule has 0 fully saturated rings. The summed E-state index contributed by atoms with van der Waals surface area (Å²) in [5.74, 6) is 0.322. The maximum absolute atomic E-state index is 11.9. The number of nitrogens with one attached hydrogen (secondary N) is 1. The molecule has 0 aromatic heterocycles. The number of rotatable bonds is 5. The minimum Gasteiger partial charge on any atom is -0.325 e. The summed E-state index contributed by atoms with van der Waals surface area (Å²) in [4.78, 5) is 12.8. The highest BCUT2D eigenvalue weighted by molar-refractivity contribution is 8.00. The molecule has 0 heterocycles. The average molecular weight is 306 g/mol. The molecule has 2 aromatic rings. The van der Waals surface area contributed by atoms with Crippen LogP contribution in [0.15, 0.2) is 53.4 Å². The number of amides is 1. The molecule has 0 spiro atoms. The summed E-state index contributed by atoms with van der Waals surface area (Å²) in [6.07, 6.45) is 0.956. The van der Waals surface area contributed by atoms with Gasteiger partial charge in [0.25, 0.3) is 0 Å². The fourth-order valence-corrected chi connectivity index (χ4v) is 2.81. The summed E-state index contributed by atoms with van der Waals surface area (Å²) in [5, 5.41) is 3.58. The Morgan fingerprint density at radius 1 is 1.20 bits per heavy atom. The normalized spacial score (nSPS) is 10.3. The molecule has 20 heavy (non-hydrogen) atoms. The Kier molecular flexibility index (Phi) is 5.50. The predicted octanol–water partition coefficient (Wildman–Crippen LogP) is 4.63. The second kappa shape index (κ2) is 7.36. The van der Waals surface area contributed by atoms with Gasteiger partial charge in [-0.15, -0.1) is 11.8 Å². The first kappa shape index (κ1) is 14.9. The number of hydrogen-bond donors (Lipinski definition) is 1. The molecule has 0 bridgehead atoms. The largest absolute Gasteiger partial charge is 0.325 e. The summed E-state index contributed by atoms with van der Waals surface area (Å²) in [6, 6.07) is 15.4. The van der Waals surface area contributed by atoms with Gasteiger partial charge in [-0.2, -0.15) is 0 Å². The van der Waals surface area contributed by atoms with Gasteiger partial charge >= 0.3 is 0 Å². The van der Waals surface area contributed by atoms with Gasteiger partial charge in [0.2, 0.25) is 5.91 Å². The molecule has 0 aliphatic heterocycles. The van der Waals surface area contributed by atoms with Crippen molar-refractivity contribution < 1.29 is 4.79 Å². The van der Waals surface area contributed by atoms with Gasteiger partial charge in [-0.1, -0.05) is 42.8 Å². The third-order valence-electron chi connectivity index (χ3n) is 2.81. The Morgan fingerprint density at radius 2 is 2.00 bits per heavy atom. The van der Waals surface area contributed by atoms with E-state index in [-0.39, 0.29) is 5.91 Å². The third-order valence-corrected chi connectivity index (χ3v) is 4.33. The van der Waals surface area contributed by atoms with Crippen LogP contribution in [-0.4, -0.2) is 11.7 Å². The summed E-state index contributed by atoms with van der Waals surface area (Å²) in [7, 11) is 0. The van der Waals surface area contributed by atoms with Crippen LogP contribution < -0.4 is 5.32 Å². The molecule has 4 heteroatoms. The van der Waals surface area contributed by atoms with Gasteiger partial charge in [-0.05, 0) is 36.2 Å². The zero-order valence-electron chi connectivity index (χ0n) is 11.2. The van der Waals surface area contributed by atoms with Crippen molar-refractivity contribution in [1.82, 2.24) is 0 Å². The molecule has 1 N–H and O–H groups in total. The second-order valence-electron chi connectivity index (χ2n) is 4.32. The third kappa shape index (κ3) is 4.29. The highest BCUT2D eigenvalue weighted by Crippen LogP contribution is 2.26. The smallest absolute Gasteiger partial charge is 0.234 e. The fourth-order valence-electron chi connectivity index (χ4n) is 1.77. The van der Waals surface area contributed by atoms with Crippen molar-refractivity contribution in [3.05, 3.63) is 59.1 Å². The first-order chi connectivity index (χ1) is 9.69. The van der Waals surface area contributed by atoms with Gasteiger partial charge < -0.3 is 5.32 Å². The van der Waals surface area contributed by atoms with Gasteiger partial charge in [0, 0.05) is 10.6 Å². The van der Waals surface area contributed by atoms with E-state index in [4.69, 9.17) is 11.6 Å². The van der Waals surface area contributed by atoms with Gasteiger partial charge in [-0.3, -0.25) is 4.79 Å². The number of hydrogen-bond acceptors (Lipinski definition) is 2. The Morgan fingerprint density at radius 3 is 2.75 bits per heavy atom. The molecule has 0 aliphatic rings. The van der Waals surface area contributed by atoms with E-state index in [9.17, 15) is 4.79 Å². The lowest BCUT2D eigenvalue weighted by Crippen LogP contribution is -2.14. The molecule has 2 aromatic carbocycles. The summed E-state index contributed by atoms with van der Waals surface area (Å²) in [6.45, 7) is 2.09. The lowest BCUT2D eigenvalue weighted by Gasteiger charge is -2.07. The van der Waals surface area contributed by atoms with Crippen molar-refractivity contribution >= 4 is 35.0 Å². The lowest BCUT2D eigenvalue weighted by atomic mass is 10.1. The van der Waals surface area contributed by atoms with Gasteiger partial charge in [-0.25, -0.2) is 0 Å². The number of anilines is 1. The maximum atomic E-state index is 11.9. The lowest BCUT2D eigenvalue weighted by molar-refractivity contribution is -0.113. The quantitative estimate of drug-likeness (QED) is 0.816. The van der Waals surface area contributed by atoms with Gasteiger partial charge in [0.05, 0.1) is 10.8 Å². The van der Waals surface area contributed by atoms with E-state index >= 15 is 0 Å². The summed E-state index contributed by atoms with van der Waals surface area (Å²) >= 11 is 7.50. The SMILES string of the molecule is CCc1cccc(NC(=O)CSc2ccccc2Cl)c1. The molecular formula is C16H16ClNOS. The zero-order chi connectivity index (χ0) is 14.4. The van der Waals surface area contributed by atoms with Crippen molar-refractivity contribution in [3.8, 4) is 0 Å². The molecule has 104 valence electrons. The summed E-state index contributed by atoms with van der Waals surface area (Å²) in [5.41, 5.74) is 2.05. The fraction of sp³-hybridized carbons (Fsp3) is 0.188. The van der Waals surface area contributed by atoms with E-state index in [0.717, 1.165) is 17.0 Å². The first-order valence-corrected chi connectivity index (χ1v) is 7.81. The van der Waals surface area contributed by atoms with Crippen LogP contribution in [0.5, 0.6) is 0 Å². The van der Waals surface area contributed by atoms with Crippen molar-refractivity contribution in [3.63, 3.8) is 0 Å². The molecule has 0 saturated carbocycles. The van der Waals surface area contributed by atoms with Crippen LogP contribution in [0.4, 0.5) is 5.69 Å². The highest BCUT2D eigenvalue weighted by atomic mass is 35.5. The molecule has 0 aliphatic carbocycles. The predicted molar refractivity (Wildman–Crippen MR) is 86.6 cm³/mol. The number of aryl methyl sites for hydroxylation is 1. The summed E-state index contributed by atoms with van der Waals surface area (Å²) < 4.78 is 0. The Labute approximate surface area is 128 Å². The molecule has 2 nitrogen and oxygen atoms in total. The monoisotopic (exact) mass is 305 g/mol. The first-order valence-electron chi connectivity index (χ1n) is 6.45. The zero-order valence-corrected chi connectivity index (χ0v) is 12.8. The van der Waals surface area contributed by atoms with E-state index in [1.54, 1.807) is 0 Å². The number of halogens is 1. The number of carbonyl (C=O) groups excluding carboxylic acids is 1. The molecule has 0 atom stereocenters. The Hall–Kier alpha value is -1.45. The molecule has 0 unspecified atom stereocenters. The van der Waals surface area contributed by atoms with E-state index in [1.807, 2.05) is 48.5 Å². The van der Waals surface area contributed by atoms with Gasteiger partial charge in [0.15, 0.2) is 0 Å².